The molecular weight excluding hydrogens is 300 g/mol. The molecule has 4 nitrogen and oxygen atoms in total. The second kappa shape index (κ2) is 4.73. The molecule has 0 N–H and O–H groups in total. The molecule has 0 spiro atoms. The van der Waals surface area contributed by atoms with Gasteiger partial charge in [-0.2, -0.15) is 9.52 Å². The van der Waals surface area contributed by atoms with E-state index in [0.717, 1.165) is 15.5 Å². The molecule has 19 heavy (non-hydrogen) atoms. The molecule has 0 aliphatic carbocycles. The van der Waals surface area contributed by atoms with Gasteiger partial charge >= 0.3 is 0 Å². The van der Waals surface area contributed by atoms with Crippen LogP contribution >= 0.6 is 22.7 Å². The van der Waals surface area contributed by atoms with Gasteiger partial charge in [0.15, 0.2) is 0 Å². The molecule has 0 fully saturated rings. The molecule has 0 aromatic carbocycles. The van der Waals surface area contributed by atoms with E-state index in [0.29, 0.717) is 6.42 Å². The van der Waals surface area contributed by atoms with Crippen LogP contribution in [0.25, 0.3) is 0 Å². The predicted octanol–water partition coefficient (Wildman–Crippen LogP) is 2.92. The van der Waals surface area contributed by atoms with Gasteiger partial charge in [-0.15, -0.1) is 22.7 Å². The lowest BCUT2D eigenvalue weighted by Crippen LogP contribution is -2.25. The summed E-state index contributed by atoms with van der Waals surface area (Å²) in [4.78, 5) is 2.06. The molecule has 2 aromatic rings. The molecule has 1 atom stereocenters. The normalized spacial score (nSPS) is 19.7. The van der Waals surface area contributed by atoms with E-state index >= 15 is 0 Å². The minimum atomic E-state index is -3.34. The van der Waals surface area contributed by atoms with Crippen LogP contribution in [0.5, 0.6) is 0 Å². The Hall–Kier alpha value is -1.18. The van der Waals surface area contributed by atoms with Gasteiger partial charge in [0.25, 0.3) is 0 Å². The Bertz CT molecular complexity index is 687. The molecule has 0 amide bonds. The molecule has 0 unspecified atom stereocenters. The topological polar surface area (TPSA) is 49.7 Å². The summed E-state index contributed by atoms with van der Waals surface area (Å²) in [6.07, 6.45) is 1.84. The summed E-state index contributed by atoms with van der Waals surface area (Å²) in [6.45, 7) is 0. The lowest BCUT2D eigenvalue weighted by molar-refractivity contribution is 0.379. The second-order valence-electron chi connectivity index (χ2n) is 4.29. The number of sulfonamides is 1. The van der Waals surface area contributed by atoms with Crippen molar-refractivity contribution in [2.24, 2.45) is 5.10 Å². The lowest BCUT2D eigenvalue weighted by atomic mass is 10.1. The Morgan fingerprint density at radius 1 is 1.26 bits per heavy atom. The van der Waals surface area contributed by atoms with Gasteiger partial charge in [0.05, 0.1) is 16.8 Å². The van der Waals surface area contributed by atoms with Crippen molar-refractivity contribution in [2.45, 2.75) is 12.5 Å². The van der Waals surface area contributed by atoms with E-state index in [-0.39, 0.29) is 6.04 Å². The molecule has 100 valence electrons. The SMILES string of the molecule is CS(=O)(=O)N1N=C(c2cccs2)C[C@H]1c1cccs1. The van der Waals surface area contributed by atoms with Gasteiger partial charge in [-0.25, -0.2) is 8.42 Å². The fourth-order valence-electron chi connectivity index (χ4n) is 2.08. The highest BCUT2D eigenvalue weighted by Gasteiger charge is 2.35. The van der Waals surface area contributed by atoms with E-state index in [1.165, 1.54) is 10.7 Å². The molecular formula is C12H12N2O2S3. The van der Waals surface area contributed by atoms with Gasteiger partial charge in [0.1, 0.15) is 6.04 Å². The van der Waals surface area contributed by atoms with Crippen LogP contribution in [0.15, 0.2) is 40.1 Å². The molecule has 3 rings (SSSR count). The van der Waals surface area contributed by atoms with Gasteiger partial charge in [-0.3, -0.25) is 0 Å². The van der Waals surface area contributed by atoms with Crippen LogP contribution in [0.3, 0.4) is 0 Å². The fourth-order valence-corrected chi connectivity index (χ4v) is 4.58. The Morgan fingerprint density at radius 3 is 2.58 bits per heavy atom. The first-order valence-electron chi connectivity index (χ1n) is 5.70. The summed E-state index contributed by atoms with van der Waals surface area (Å²) in [7, 11) is -3.34. The van der Waals surface area contributed by atoms with Gasteiger partial charge < -0.3 is 0 Å². The average molecular weight is 312 g/mol. The average Bonchev–Trinajstić information content (AvgIpc) is 3.09. The first-order chi connectivity index (χ1) is 9.05. The molecule has 0 saturated carbocycles. The smallest absolute Gasteiger partial charge is 0.205 e. The van der Waals surface area contributed by atoms with Gasteiger partial charge in [0.2, 0.25) is 10.0 Å². The number of hydrazone groups is 1. The van der Waals surface area contributed by atoms with Crippen LogP contribution < -0.4 is 0 Å². The molecule has 0 radical (unpaired) electrons. The summed E-state index contributed by atoms with van der Waals surface area (Å²) in [5, 5.41) is 8.25. The van der Waals surface area contributed by atoms with Crippen molar-refractivity contribution in [1.29, 1.82) is 0 Å². The zero-order chi connectivity index (χ0) is 13.5. The van der Waals surface area contributed by atoms with Gasteiger partial charge in [-0.05, 0) is 22.9 Å². The zero-order valence-electron chi connectivity index (χ0n) is 10.2. The van der Waals surface area contributed by atoms with E-state index in [1.807, 2.05) is 35.0 Å². The second-order valence-corrected chi connectivity index (χ2v) is 8.06. The van der Waals surface area contributed by atoms with Crippen molar-refractivity contribution < 1.29 is 8.42 Å². The van der Waals surface area contributed by atoms with E-state index in [2.05, 4.69) is 5.10 Å². The third-order valence-corrected chi connectivity index (χ3v) is 5.80. The number of thiophene rings is 2. The summed E-state index contributed by atoms with van der Waals surface area (Å²) < 4.78 is 25.0. The molecule has 3 heterocycles. The van der Waals surface area contributed by atoms with Gasteiger partial charge in [-0.1, -0.05) is 12.1 Å². The van der Waals surface area contributed by atoms with Crippen LogP contribution in [0, 0.1) is 0 Å². The minimum absolute atomic E-state index is 0.202. The summed E-state index contributed by atoms with van der Waals surface area (Å²) >= 11 is 3.15. The predicted molar refractivity (Wildman–Crippen MR) is 79.2 cm³/mol. The van der Waals surface area contributed by atoms with Crippen LogP contribution in [-0.2, 0) is 10.0 Å². The standard InChI is InChI=1S/C12H12N2O2S3/c1-19(15,16)14-10(12-5-3-7-18-12)8-9(13-14)11-4-2-6-17-11/h2-7,10H,8H2,1H3/t10-/m0/s1. The highest BCUT2D eigenvalue weighted by molar-refractivity contribution is 7.88. The van der Waals surface area contributed by atoms with Crippen LogP contribution in [0.4, 0.5) is 0 Å². The molecule has 1 aliphatic rings. The van der Waals surface area contributed by atoms with Crippen molar-refractivity contribution in [2.75, 3.05) is 6.26 Å². The first-order valence-corrected chi connectivity index (χ1v) is 9.30. The van der Waals surface area contributed by atoms with Crippen molar-refractivity contribution in [3.05, 3.63) is 44.8 Å². The van der Waals surface area contributed by atoms with Crippen molar-refractivity contribution >= 4 is 38.4 Å². The fraction of sp³-hybridized carbons (Fsp3) is 0.250. The number of rotatable bonds is 3. The maximum atomic E-state index is 11.9. The van der Waals surface area contributed by atoms with Crippen LogP contribution in [-0.4, -0.2) is 24.8 Å². The largest absolute Gasteiger partial charge is 0.247 e. The van der Waals surface area contributed by atoms with E-state index in [1.54, 1.807) is 22.7 Å². The number of hydrogen-bond donors (Lipinski definition) is 0. The van der Waals surface area contributed by atoms with Crippen LogP contribution in [0.1, 0.15) is 22.2 Å². The Balaban J connectivity index is 2.00. The Kier molecular flexibility index (Phi) is 3.20. The summed E-state index contributed by atoms with van der Waals surface area (Å²) in [6, 6.07) is 7.61. The van der Waals surface area contributed by atoms with Gasteiger partial charge in [0, 0.05) is 11.3 Å². The van der Waals surface area contributed by atoms with Crippen molar-refractivity contribution in [3.8, 4) is 0 Å². The van der Waals surface area contributed by atoms with E-state index < -0.39 is 10.0 Å². The summed E-state index contributed by atoms with van der Waals surface area (Å²) in [5.74, 6) is 0. The lowest BCUT2D eigenvalue weighted by Gasteiger charge is -2.19. The van der Waals surface area contributed by atoms with E-state index in [4.69, 9.17) is 0 Å². The minimum Gasteiger partial charge on any atom is -0.205 e. The molecule has 0 bridgehead atoms. The summed E-state index contributed by atoms with van der Waals surface area (Å²) in [5.41, 5.74) is 0.846. The first kappa shape index (κ1) is 12.8. The number of hydrogen-bond acceptors (Lipinski definition) is 5. The third kappa shape index (κ3) is 2.45. The molecule has 7 heteroatoms. The van der Waals surface area contributed by atoms with Crippen LogP contribution in [0.2, 0.25) is 0 Å². The Morgan fingerprint density at radius 2 is 2.00 bits per heavy atom. The highest BCUT2D eigenvalue weighted by atomic mass is 32.2. The van der Waals surface area contributed by atoms with Crippen molar-refractivity contribution in [1.82, 2.24) is 4.41 Å². The van der Waals surface area contributed by atoms with Crippen molar-refractivity contribution in [3.63, 3.8) is 0 Å². The highest BCUT2D eigenvalue weighted by Crippen LogP contribution is 2.37. The maximum absolute atomic E-state index is 11.9. The molecule has 1 aliphatic heterocycles. The molecule has 0 saturated heterocycles. The Labute approximate surface area is 120 Å². The molecule has 2 aromatic heterocycles. The quantitative estimate of drug-likeness (QED) is 0.875. The van der Waals surface area contributed by atoms with E-state index in [9.17, 15) is 8.42 Å². The zero-order valence-corrected chi connectivity index (χ0v) is 12.6. The number of nitrogens with zero attached hydrogens (tertiary/aromatic N) is 2. The maximum Gasteiger partial charge on any atom is 0.247 e. The third-order valence-electron chi connectivity index (χ3n) is 2.89. The monoisotopic (exact) mass is 312 g/mol.